The summed E-state index contributed by atoms with van der Waals surface area (Å²) in [6, 6.07) is 0. The zero-order valence-corrected chi connectivity index (χ0v) is 6.01. The minimum absolute atomic E-state index is 0. The monoisotopic (exact) mass is 165 g/mol. The fraction of sp³-hybridized carbons (Fsp3) is 0. The van der Waals surface area contributed by atoms with Crippen molar-refractivity contribution in [1.82, 2.24) is 0 Å². The topological polar surface area (TPSA) is 111 Å². The van der Waals surface area contributed by atoms with Crippen LogP contribution in [0.3, 0.4) is 0 Å². The molecule has 0 amide bonds. The number of hydrogen-bond donors (Lipinski definition) is 0. The van der Waals surface area contributed by atoms with E-state index in [1.54, 1.807) is 10.1 Å². The molecule has 6 nitrogen and oxygen atoms in total. The van der Waals surface area contributed by atoms with Crippen LogP contribution in [0.15, 0.2) is 0 Å². The second kappa shape index (κ2) is 56.4. The SMILES string of the molecule is [Li+].[Li+].[Mn+2].[O-]O[O-].[O-]O[O-]. The van der Waals surface area contributed by atoms with Gasteiger partial charge in [0.2, 0.25) is 0 Å². The molecule has 0 saturated carbocycles. The molecule has 0 aliphatic rings. The summed E-state index contributed by atoms with van der Waals surface area (Å²) in [6.07, 6.45) is 0. The third-order valence-electron chi connectivity index (χ3n) is 0. The van der Waals surface area contributed by atoms with E-state index in [-0.39, 0.29) is 54.8 Å². The van der Waals surface area contributed by atoms with E-state index in [0.29, 0.717) is 0 Å². The molecule has 0 aromatic rings. The van der Waals surface area contributed by atoms with Crippen molar-refractivity contribution >= 4 is 0 Å². The molecule has 0 aromatic heterocycles. The van der Waals surface area contributed by atoms with Gasteiger partial charge in [-0.1, -0.05) is 0 Å². The molecule has 0 heterocycles. The Labute approximate surface area is 85.7 Å². The van der Waals surface area contributed by atoms with Crippen LogP contribution in [0, 0.1) is 0 Å². The molecule has 0 aliphatic heterocycles. The van der Waals surface area contributed by atoms with Crippen LogP contribution in [-0.2, 0) is 27.1 Å². The van der Waals surface area contributed by atoms with Gasteiger partial charge in [-0.25, -0.2) is 0 Å². The first-order valence-electron chi connectivity index (χ1n) is 0.667. The smallest absolute Gasteiger partial charge is 0.734 e. The molecular formula is Li2MnO6. The molecule has 0 spiro atoms. The standard InChI is InChI=1S/2Li.Mn.2H2O3/c;;;2*1-3-2/h;;;2*1-2H/q2*+1;+2;;/p-4. The zero-order chi connectivity index (χ0) is 5.41. The van der Waals surface area contributed by atoms with Gasteiger partial charge < -0.3 is 31.1 Å². The number of hydrogen-bond acceptors (Lipinski definition) is 6. The van der Waals surface area contributed by atoms with Crippen LogP contribution in [-0.4, -0.2) is 0 Å². The van der Waals surface area contributed by atoms with Gasteiger partial charge in [0.05, 0.1) is 0 Å². The Hall–Kier alpha value is 1.47. The first kappa shape index (κ1) is 31.4. The zero-order valence-electron chi connectivity index (χ0n) is 4.83. The normalized spacial score (nSPS) is 4.00. The Kier molecular flexibility index (Phi) is 196. The van der Waals surface area contributed by atoms with Crippen LogP contribution >= 0.6 is 0 Å². The van der Waals surface area contributed by atoms with Crippen molar-refractivity contribution in [2.75, 3.05) is 0 Å². The first-order chi connectivity index (χ1) is 2.83. The summed E-state index contributed by atoms with van der Waals surface area (Å²) < 4.78 is 0. The van der Waals surface area contributed by atoms with E-state index >= 15 is 0 Å². The van der Waals surface area contributed by atoms with Crippen molar-refractivity contribution in [2.24, 2.45) is 0 Å². The van der Waals surface area contributed by atoms with Crippen molar-refractivity contribution in [3.8, 4) is 0 Å². The molecule has 9 heteroatoms. The maximum Gasteiger partial charge on any atom is 2.00 e. The molecule has 0 unspecified atom stereocenters. The Morgan fingerprint density at radius 3 is 0.667 bits per heavy atom. The van der Waals surface area contributed by atoms with E-state index in [4.69, 9.17) is 21.0 Å². The summed E-state index contributed by atoms with van der Waals surface area (Å²) in [5, 5.41) is 35.0. The minimum Gasteiger partial charge on any atom is -0.734 e. The van der Waals surface area contributed by atoms with Crippen LogP contribution in [0.4, 0.5) is 0 Å². The van der Waals surface area contributed by atoms with Gasteiger partial charge in [-0.3, -0.25) is 0 Å². The van der Waals surface area contributed by atoms with Crippen LogP contribution in [0.1, 0.15) is 0 Å². The first-order valence-corrected chi connectivity index (χ1v) is 0.667. The number of rotatable bonds is 0. The van der Waals surface area contributed by atoms with Crippen molar-refractivity contribution < 1.29 is 85.9 Å². The van der Waals surface area contributed by atoms with Crippen molar-refractivity contribution in [3.63, 3.8) is 0 Å². The summed E-state index contributed by atoms with van der Waals surface area (Å²) in [6.45, 7) is 0. The van der Waals surface area contributed by atoms with Gasteiger partial charge in [-0.2, -0.15) is 0 Å². The van der Waals surface area contributed by atoms with Gasteiger partial charge in [0.15, 0.2) is 0 Å². The average Bonchev–Trinajstić information content (AvgIpc) is 1.39. The molecule has 1 radical (unpaired) electrons. The summed E-state index contributed by atoms with van der Waals surface area (Å²) in [4.78, 5) is 0. The molecular weight excluding hydrogens is 165 g/mol. The van der Waals surface area contributed by atoms with Crippen LogP contribution in [0.2, 0.25) is 0 Å². The molecule has 0 saturated heterocycles. The van der Waals surface area contributed by atoms with Gasteiger partial charge in [-0.15, -0.1) is 0 Å². The maximum absolute atomic E-state index is 7.88. The molecule has 0 aromatic carbocycles. The molecule has 9 heavy (non-hydrogen) atoms. The Bertz CT molecular complexity index is 13.0. The van der Waals surface area contributed by atoms with E-state index in [2.05, 4.69) is 0 Å². The Balaban J connectivity index is -0.00000000889. The predicted molar refractivity (Wildman–Crippen MR) is 2.17 cm³/mol. The van der Waals surface area contributed by atoms with Crippen LogP contribution < -0.4 is 58.8 Å². The van der Waals surface area contributed by atoms with E-state index in [0.717, 1.165) is 0 Å². The third-order valence-corrected chi connectivity index (χ3v) is 0. The molecule has 0 aliphatic carbocycles. The van der Waals surface area contributed by atoms with Gasteiger partial charge in [0, 0.05) is 0 Å². The van der Waals surface area contributed by atoms with E-state index in [1.165, 1.54) is 0 Å². The second-order valence-electron chi connectivity index (χ2n) is 0.136. The summed E-state index contributed by atoms with van der Waals surface area (Å²) in [5.41, 5.74) is 0. The minimum atomic E-state index is 0. The van der Waals surface area contributed by atoms with E-state index in [9.17, 15) is 0 Å². The molecule has 45 valence electrons. The molecule has 0 bridgehead atoms. The van der Waals surface area contributed by atoms with Gasteiger partial charge >= 0.3 is 54.8 Å². The largest absolute Gasteiger partial charge is 2.00 e. The van der Waals surface area contributed by atoms with Crippen LogP contribution in [0.5, 0.6) is 0 Å². The van der Waals surface area contributed by atoms with Crippen molar-refractivity contribution in [1.29, 1.82) is 0 Å². The van der Waals surface area contributed by atoms with E-state index in [1.807, 2.05) is 0 Å². The summed E-state index contributed by atoms with van der Waals surface area (Å²) in [5.74, 6) is 0. The molecule has 0 rings (SSSR count). The summed E-state index contributed by atoms with van der Waals surface area (Å²) >= 11 is 0. The Morgan fingerprint density at radius 1 is 0.667 bits per heavy atom. The fourth-order valence-corrected chi connectivity index (χ4v) is 0. The maximum atomic E-state index is 7.88. The van der Waals surface area contributed by atoms with E-state index < -0.39 is 0 Å². The average molecular weight is 165 g/mol. The quantitative estimate of drug-likeness (QED) is 0.200. The van der Waals surface area contributed by atoms with Crippen molar-refractivity contribution in [3.05, 3.63) is 0 Å². The third kappa shape index (κ3) is 244. The van der Waals surface area contributed by atoms with Crippen molar-refractivity contribution in [2.45, 2.75) is 0 Å². The summed E-state index contributed by atoms with van der Waals surface area (Å²) in [7, 11) is 0. The van der Waals surface area contributed by atoms with Crippen LogP contribution in [0.25, 0.3) is 0 Å². The molecule has 0 atom stereocenters. The van der Waals surface area contributed by atoms with Gasteiger partial charge in [0.1, 0.15) is 0 Å². The van der Waals surface area contributed by atoms with Gasteiger partial charge in [-0.05, 0) is 0 Å². The molecule has 0 fully saturated rings. The predicted octanol–water partition coefficient (Wildman–Crippen LogP) is -10.9. The molecule has 0 N–H and O–H groups in total. The fourth-order valence-electron chi connectivity index (χ4n) is 0. The van der Waals surface area contributed by atoms with Gasteiger partial charge in [0.25, 0.3) is 0 Å². The second-order valence-corrected chi connectivity index (χ2v) is 0.136. The Morgan fingerprint density at radius 2 is 0.667 bits per heavy atom.